The number of hydrogen-bond donors (Lipinski definition) is 1. The lowest BCUT2D eigenvalue weighted by atomic mass is 9.89. The Labute approximate surface area is 113 Å². The molecule has 1 N–H and O–H groups in total. The number of carbonyl (C=O) groups excluding carboxylic acids is 1. The van der Waals surface area contributed by atoms with Gasteiger partial charge in [0.05, 0.1) is 0 Å². The van der Waals surface area contributed by atoms with E-state index in [4.69, 9.17) is 11.6 Å². The second-order valence-electron chi connectivity index (χ2n) is 5.03. The minimum absolute atomic E-state index is 0.0482. The SMILES string of the molecule is Cc1cc(C(=O)NCC2CCCCC2)cc(Cl)n1. The summed E-state index contributed by atoms with van der Waals surface area (Å²) in [5.41, 5.74) is 1.37. The van der Waals surface area contributed by atoms with Crippen molar-refractivity contribution in [2.24, 2.45) is 5.92 Å². The average molecular weight is 267 g/mol. The number of nitrogens with one attached hydrogen (secondary N) is 1. The molecule has 0 atom stereocenters. The van der Waals surface area contributed by atoms with E-state index in [2.05, 4.69) is 10.3 Å². The third-order valence-electron chi connectivity index (χ3n) is 3.46. The summed E-state index contributed by atoms with van der Waals surface area (Å²) in [6.07, 6.45) is 6.39. The van der Waals surface area contributed by atoms with Crippen LogP contribution < -0.4 is 5.32 Å². The average Bonchev–Trinajstić information content (AvgIpc) is 2.36. The van der Waals surface area contributed by atoms with E-state index in [9.17, 15) is 4.79 Å². The maximum atomic E-state index is 12.0. The molecule has 1 aliphatic carbocycles. The number of pyridine rings is 1. The Bertz CT molecular complexity index is 408. The van der Waals surface area contributed by atoms with Gasteiger partial charge in [-0.2, -0.15) is 0 Å². The van der Waals surface area contributed by atoms with Crippen LogP contribution in [-0.2, 0) is 0 Å². The summed E-state index contributed by atoms with van der Waals surface area (Å²) in [5, 5.41) is 3.37. The normalized spacial score (nSPS) is 16.6. The fourth-order valence-corrected chi connectivity index (χ4v) is 2.74. The van der Waals surface area contributed by atoms with Gasteiger partial charge in [0.25, 0.3) is 5.91 Å². The van der Waals surface area contributed by atoms with Crippen LogP contribution in [0.5, 0.6) is 0 Å². The Balaban J connectivity index is 1.90. The maximum Gasteiger partial charge on any atom is 0.251 e. The lowest BCUT2D eigenvalue weighted by Crippen LogP contribution is -2.30. The van der Waals surface area contributed by atoms with Crippen LogP contribution in [0.3, 0.4) is 0 Å². The monoisotopic (exact) mass is 266 g/mol. The first-order valence-electron chi connectivity index (χ1n) is 6.57. The molecule has 18 heavy (non-hydrogen) atoms. The molecule has 3 nitrogen and oxygen atoms in total. The summed E-state index contributed by atoms with van der Waals surface area (Å²) >= 11 is 5.85. The second kappa shape index (κ2) is 6.19. The zero-order valence-electron chi connectivity index (χ0n) is 10.7. The summed E-state index contributed by atoms with van der Waals surface area (Å²) in [5.74, 6) is 0.592. The predicted molar refractivity (Wildman–Crippen MR) is 72.9 cm³/mol. The van der Waals surface area contributed by atoms with Crippen molar-refractivity contribution < 1.29 is 4.79 Å². The molecule has 4 heteroatoms. The zero-order valence-corrected chi connectivity index (χ0v) is 11.5. The van der Waals surface area contributed by atoms with Gasteiger partial charge in [0.15, 0.2) is 0 Å². The van der Waals surface area contributed by atoms with Crippen molar-refractivity contribution in [2.75, 3.05) is 6.54 Å². The Morgan fingerprint density at radius 2 is 2.11 bits per heavy atom. The smallest absolute Gasteiger partial charge is 0.251 e. The van der Waals surface area contributed by atoms with Crippen molar-refractivity contribution in [2.45, 2.75) is 39.0 Å². The van der Waals surface area contributed by atoms with Crippen LogP contribution in [0.1, 0.15) is 48.2 Å². The van der Waals surface area contributed by atoms with Crippen LogP contribution in [0.15, 0.2) is 12.1 Å². The predicted octanol–water partition coefficient (Wildman–Crippen LogP) is 3.35. The van der Waals surface area contributed by atoms with E-state index in [-0.39, 0.29) is 5.91 Å². The lowest BCUT2D eigenvalue weighted by molar-refractivity contribution is 0.0943. The van der Waals surface area contributed by atoms with Crippen molar-refractivity contribution in [3.8, 4) is 0 Å². The summed E-state index contributed by atoms with van der Waals surface area (Å²) in [4.78, 5) is 16.0. The number of carbonyl (C=O) groups is 1. The Hall–Kier alpha value is -1.09. The summed E-state index contributed by atoms with van der Waals surface area (Å²) in [6, 6.07) is 3.38. The largest absolute Gasteiger partial charge is 0.352 e. The fraction of sp³-hybridized carbons (Fsp3) is 0.571. The summed E-state index contributed by atoms with van der Waals surface area (Å²) in [6.45, 7) is 2.61. The van der Waals surface area contributed by atoms with Crippen molar-refractivity contribution in [1.82, 2.24) is 10.3 Å². The van der Waals surface area contributed by atoms with E-state index in [1.165, 1.54) is 32.1 Å². The highest BCUT2D eigenvalue weighted by Gasteiger charge is 2.15. The van der Waals surface area contributed by atoms with Crippen molar-refractivity contribution >= 4 is 17.5 Å². The van der Waals surface area contributed by atoms with Gasteiger partial charge < -0.3 is 5.32 Å². The van der Waals surface area contributed by atoms with E-state index < -0.39 is 0 Å². The fourth-order valence-electron chi connectivity index (χ4n) is 2.49. The molecule has 1 fully saturated rings. The van der Waals surface area contributed by atoms with Crippen molar-refractivity contribution in [1.29, 1.82) is 0 Å². The van der Waals surface area contributed by atoms with E-state index in [1.54, 1.807) is 12.1 Å². The molecule has 0 aromatic carbocycles. The minimum atomic E-state index is -0.0482. The summed E-state index contributed by atoms with van der Waals surface area (Å²) in [7, 11) is 0. The number of aromatic nitrogens is 1. The number of amides is 1. The Morgan fingerprint density at radius 1 is 1.39 bits per heavy atom. The number of nitrogens with zero attached hydrogens (tertiary/aromatic N) is 1. The highest BCUT2D eigenvalue weighted by atomic mass is 35.5. The maximum absolute atomic E-state index is 12.0. The first-order valence-corrected chi connectivity index (χ1v) is 6.95. The second-order valence-corrected chi connectivity index (χ2v) is 5.42. The van der Waals surface area contributed by atoms with E-state index in [0.717, 1.165) is 12.2 Å². The summed E-state index contributed by atoms with van der Waals surface area (Å²) < 4.78 is 0. The number of halogens is 1. The first-order chi connectivity index (χ1) is 8.65. The van der Waals surface area contributed by atoms with Crippen LogP contribution in [0.2, 0.25) is 5.15 Å². The van der Waals surface area contributed by atoms with Crippen LogP contribution in [0.4, 0.5) is 0 Å². The van der Waals surface area contributed by atoms with Gasteiger partial charge >= 0.3 is 0 Å². The molecule has 0 bridgehead atoms. The Kier molecular flexibility index (Phi) is 4.59. The molecule has 0 spiro atoms. The number of hydrogen-bond acceptors (Lipinski definition) is 2. The highest BCUT2D eigenvalue weighted by Crippen LogP contribution is 2.22. The van der Waals surface area contributed by atoms with Gasteiger partial charge in [-0.3, -0.25) is 4.79 Å². The molecule has 1 aromatic rings. The van der Waals surface area contributed by atoms with Gasteiger partial charge in [-0.25, -0.2) is 4.98 Å². The third kappa shape index (κ3) is 3.70. The lowest BCUT2D eigenvalue weighted by Gasteiger charge is -2.21. The van der Waals surface area contributed by atoms with E-state index >= 15 is 0 Å². The molecule has 1 heterocycles. The van der Waals surface area contributed by atoms with Gasteiger partial charge in [-0.05, 0) is 37.8 Å². The quantitative estimate of drug-likeness (QED) is 0.853. The Morgan fingerprint density at radius 3 is 2.78 bits per heavy atom. The van der Waals surface area contributed by atoms with Crippen LogP contribution in [0, 0.1) is 12.8 Å². The number of aryl methyl sites for hydroxylation is 1. The van der Waals surface area contributed by atoms with Gasteiger partial charge in [0, 0.05) is 17.8 Å². The zero-order chi connectivity index (χ0) is 13.0. The van der Waals surface area contributed by atoms with Gasteiger partial charge in [-0.1, -0.05) is 30.9 Å². The van der Waals surface area contributed by atoms with Crippen LogP contribution in [0.25, 0.3) is 0 Å². The van der Waals surface area contributed by atoms with E-state index in [1.807, 2.05) is 6.92 Å². The molecule has 1 aliphatic rings. The molecule has 1 aromatic heterocycles. The highest BCUT2D eigenvalue weighted by molar-refractivity contribution is 6.29. The number of rotatable bonds is 3. The first kappa shape index (κ1) is 13.3. The molecular weight excluding hydrogens is 248 g/mol. The molecule has 2 rings (SSSR count). The minimum Gasteiger partial charge on any atom is -0.352 e. The molecule has 0 unspecified atom stereocenters. The van der Waals surface area contributed by atoms with Crippen molar-refractivity contribution in [3.63, 3.8) is 0 Å². The van der Waals surface area contributed by atoms with Crippen LogP contribution >= 0.6 is 11.6 Å². The van der Waals surface area contributed by atoms with Gasteiger partial charge in [0.2, 0.25) is 0 Å². The molecule has 1 saturated carbocycles. The standard InChI is InChI=1S/C14H19ClN2O/c1-10-7-12(8-13(15)17-10)14(18)16-9-11-5-3-2-4-6-11/h7-8,11H,2-6,9H2,1H3,(H,16,18). The molecule has 0 saturated heterocycles. The molecule has 0 aliphatic heterocycles. The molecule has 98 valence electrons. The van der Waals surface area contributed by atoms with Gasteiger partial charge in [0.1, 0.15) is 5.15 Å². The molecule has 1 amide bonds. The molecule has 0 radical (unpaired) electrons. The van der Waals surface area contributed by atoms with Crippen molar-refractivity contribution in [3.05, 3.63) is 28.5 Å². The molecular formula is C14H19ClN2O. The van der Waals surface area contributed by atoms with Gasteiger partial charge in [-0.15, -0.1) is 0 Å². The van der Waals surface area contributed by atoms with Crippen LogP contribution in [-0.4, -0.2) is 17.4 Å². The third-order valence-corrected chi connectivity index (χ3v) is 3.65. The van der Waals surface area contributed by atoms with E-state index in [0.29, 0.717) is 16.6 Å². The topological polar surface area (TPSA) is 42.0 Å².